The summed E-state index contributed by atoms with van der Waals surface area (Å²) in [4.78, 5) is 26.4. The van der Waals surface area contributed by atoms with E-state index >= 15 is 0 Å². The number of halogens is 1. The summed E-state index contributed by atoms with van der Waals surface area (Å²) in [6.07, 6.45) is 3.54. The molecule has 1 N–H and O–H groups in total. The van der Waals surface area contributed by atoms with Gasteiger partial charge in [0.2, 0.25) is 0 Å². The quantitative estimate of drug-likeness (QED) is 0.567. The minimum atomic E-state index is -0.202. The van der Waals surface area contributed by atoms with E-state index in [1.54, 1.807) is 25.3 Å². The number of thiophene rings is 1. The van der Waals surface area contributed by atoms with Crippen molar-refractivity contribution in [1.82, 2.24) is 9.97 Å². The van der Waals surface area contributed by atoms with Gasteiger partial charge >= 0.3 is 0 Å². The van der Waals surface area contributed by atoms with Gasteiger partial charge in [-0.1, -0.05) is 11.6 Å². The van der Waals surface area contributed by atoms with Gasteiger partial charge in [-0.3, -0.25) is 4.79 Å². The van der Waals surface area contributed by atoms with Gasteiger partial charge in [0.05, 0.1) is 23.1 Å². The van der Waals surface area contributed by atoms with Crippen LogP contribution >= 0.6 is 22.9 Å². The van der Waals surface area contributed by atoms with Crippen molar-refractivity contribution in [2.24, 2.45) is 0 Å². The van der Waals surface area contributed by atoms with Crippen LogP contribution in [0.15, 0.2) is 18.2 Å². The van der Waals surface area contributed by atoms with Crippen molar-refractivity contribution in [2.45, 2.75) is 46.1 Å². The van der Waals surface area contributed by atoms with E-state index in [2.05, 4.69) is 22.1 Å². The van der Waals surface area contributed by atoms with Gasteiger partial charge in [-0.05, 0) is 63.8 Å². The summed E-state index contributed by atoms with van der Waals surface area (Å²) >= 11 is 7.51. The molecule has 3 heterocycles. The summed E-state index contributed by atoms with van der Waals surface area (Å²) in [5.41, 5.74) is 1.44. The molecule has 0 aliphatic carbocycles. The number of hydrogen-bond donors (Lipinski definition) is 1. The number of anilines is 2. The number of nitrogens with zero attached hydrogens (tertiary/aromatic N) is 3. The summed E-state index contributed by atoms with van der Waals surface area (Å²) in [5.74, 6) is 2.02. The number of ether oxygens (including phenoxy) is 1. The first-order chi connectivity index (χ1) is 14.4. The number of fused-ring (bicyclic) bond motifs is 1. The predicted molar refractivity (Wildman–Crippen MR) is 124 cm³/mol. The summed E-state index contributed by atoms with van der Waals surface area (Å²) in [5, 5.41) is 4.45. The molecule has 30 heavy (non-hydrogen) atoms. The third kappa shape index (κ3) is 3.84. The van der Waals surface area contributed by atoms with E-state index < -0.39 is 0 Å². The SMILES string of the molecule is COc1ccc(Cl)cc1NC(=O)c1sc2nc(C)nc(N3CCCC[C@@H]3C)c2c1C. The smallest absolute Gasteiger partial charge is 0.266 e. The first kappa shape index (κ1) is 20.9. The van der Waals surface area contributed by atoms with Gasteiger partial charge in [-0.2, -0.15) is 0 Å². The van der Waals surface area contributed by atoms with Crippen LogP contribution in [0.2, 0.25) is 5.02 Å². The van der Waals surface area contributed by atoms with Gasteiger partial charge in [-0.15, -0.1) is 11.3 Å². The maximum absolute atomic E-state index is 13.2. The van der Waals surface area contributed by atoms with E-state index in [0.717, 1.165) is 46.8 Å². The minimum absolute atomic E-state index is 0.202. The number of nitrogens with one attached hydrogen (secondary N) is 1. The highest BCUT2D eigenvalue weighted by Crippen LogP contribution is 2.38. The maximum Gasteiger partial charge on any atom is 0.266 e. The first-order valence-electron chi connectivity index (χ1n) is 10.1. The van der Waals surface area contributed by atoms with Crippen LogP contribution in [-0.4, -0.2) is 35.6 Å². The number of piperidine rings is 1. The molecule has 1 aliphatic rings. The number of benzene rings is 1. The van der Waals surface area contributed by atoms with E-state index in [4.69, 9.17) is 21.3 Å². The molecule has 1 amide bonds. The van der Waals surface area contributed by atoms with E-state index in [0.29, 0.717) is 27.4 Å². The van der Waals surface area contributed by atoms with Gasteiger partial charge in [-0.25, -0.2) is 9.97 Å². The molecular formula is C22H25ClN4O2S. The number of carbonyl (C=O) groups excluding carboxylic acids is 1. The van der Waals surface area contributed by atoms with Crippen LogP contribution in [0.5, 0.6) is 5.75 Å². The summed E-state index contributed by atoms with van der Waals surface area (Å²) in [6.45, 7) is 7.09. The van der Waals surface area contributed by atoms with Crippen molar-refractivity contribution >= 4 is 50.6 Å². The third-order valence-electron chi connectivity index (χ3n) is 5.57. The van der Waals surface area contributed by atoms with E-state index in [1.807, 2.05) is 13.8 Å². The molecule has 158 valence electrons. The number of methoxy groups -OCH3 is 1. The molecule has 0 radical (unpaired) electrons. The van der Waals surface area contributed by atoms with Crippen LogP contribution in [0, 0.1) is 13.8 Å². The molecule has 0 bridgehead atoms. The van der Waals surface area contributed by atoms with Crippen LogP contribution in [-0.2, 0) is 0 Å². The fourth-order valence-electron chi connectivity index (χ4n) is 4.02. The van der Waals surface area contributed by atoms with Crippen molar-refractivity contribution in [1.29, 1.82) is 0 Å². The molecule has 0 saturated carbocycles. The van der Waals surface area contributed by atoms with Crippen molar-refractivity contribution in [3.8, 4) is 5.75 Å². The second kappa shape index (κ2) is 8.40. The Morgan fingerprint density at radius 3 is 2.83 bits per heavy atom. The average molecular weight is 445 g/mol. The Labute approximate surface area is 185 Å². The van der Waals surface area contributed by atoms with Crippen LogP contribution in [0.25, 0.3) is 10.2 Å². The lowest BCUT2D eigenvalue weighted by Crippen LogP contribution is -2.38. The Morgan fingerprint density at radius 1 is 1.30 bits per heavy atom. The van der Waals surface area contributed by atoms with Gasteiger partial charge in [0.1, 0.15) is 22.2 Å². The largest absolute Gasteiger partial charge is 0.495 e. The molecule has 6 nitrogen and oxygen atoms in total. The number of amides is 1. The Balaban J connectivity index is 1.76. The Hall–Kier alpha value is -2.38. The molecule has 1 aliphatic heterocycles. The maximum atomic E-state index is 13.2. The Kier molecular flexibility index (Phi) is 5.84. The topological polar surface area (TPSA) is 67.3 Å². The van der Waals surface area contributed by atoms with Gasteiger partial charge in [0.25, 0.3) is 5.91 Å². The lowest BCUT2D eigenvalue weighted by Gasteiger charge is -2.35. The normalized spacial score (nSPS) is 16.7. The Bertz CT molecular complexity index is 1110. The van der Waals surface area contributed by atoms with Gasteiger partial charge in [0.15, 0.2) is 0 Å². The third-order valence-corrected chi connectivity index (χ3v) is 6.99. The van der Waals surface area contributed by atoms with Crippen LogP contribution < -0.4 is 15.0 Å². The van der Waals surface area contributed by atoms with E-state index in [1.165, 1.54) is 17.8 Å². The van der Waals surface area contributed by atoms with Gasteiger partial charge in [0, 0.05) is 17.6 Å². The zero-order valence-corrected chi connectivity index (χ0v) is 19.2. The predicted octanol–water partition coefficient (Wildman–Crippen LogP) is 5.60. The van der Waals surface area contributed by atoms with Crippen LogP contribution in [0.1, 0.15) is 47.2 Å². The molecule has 0 unspecified atom stereocenters. The van der Waals surface area contributed by atoms with E-state index in [9.17, 15) is 4.79 Å². The molecule has 1 saturated heterocycles. The lowest BCUT2D eigenvalue weighted by molar-refractivity contribution is 0.102. The second-order valence-corrected chi connectivity index (χ2v) is 9.10. The van der Waals surface area contributed by atoms with Crippen molar-refractivity contribution in [3.63, 3.8) is 0 Å². The fourth-order valence-corrected chi connectivity index (χ4v) is 5.30. The fraction of sp³-hybridized carbons (Fsp3) is 0.409. The number of aromatic nitrogens is 2. The second-order valence-electron chi connectivity index (χ2n) is 7.67. The molecule has 8 heteroatoms. The first-order valence-corrected chi connectivity index (χ1v) is 11.3. The van der Waals surface area contributed by atoms with Crippen LogP contribution in [0.4, 0.5) is 11.5 Å². The number of hydrogen-bond acceptors (Lipinski definition) is 6. The number of carbonyl (C=O) groups is 1. The molecule has 2 aromatic heterocycles. The lowest BCUT2D eigenvalue weighted by atomic mass is 10.0. The highest BCUT2D eigenvalue weighted by atomic mass is 35.5. The standard InChI is InChI=1S/C22H25ClN4O2S/c1-12-7-5-6-10-27(12)20-18-13(2)19(30-22(18)25-14(3)24-20)21(28)26-16-11-15(23)8-9-17(16)29-4/h8-9,11-12H,5-7,10H2,1-4H3,(H,26,28)/t12-/m0/s1. The number of rotatable bonds is 4. The molecule has 1 aromatic carbocycles. The van der Waals surface area contributed by atoms with Crippen molar-refractivity contribution in [2.75, 3.05) is 23.9 Å². The highest BCUT2D eigenvalue weighted by Gasteiger charge is 2.26. The monoisotopic (exact) mass is 444 g/mol. The molecule has 1 atom stereocenters. The zero-order chi connectivity index (χ0) is 21.4. The molecule has 1 fully saturated rings. The zero-order valence-electron chi connectivity index (χ0n) is 17.6. The summed E-state index contributed by atoms with van der Waals surface area (Å²) in [7, 11) is 1.56. The van der Waals surface area contributed by atoms with Crippen molar-refractivity contribution < 1.29 is 9.53 Å². The summed E-state index contributed by atoms with van der Waals surface area (Å²) in [6, 6.07) is 5.57. The molecular weight excluding hydrogens is 420 g/mol. The molecule has 3 aromatic rings. The Morgan fingerprint density at radius 2 is 2.10 bits per heavy atom. The van der Waals surface area contributed by atoms with Crippen molar-refractivity contribution in [3.05, 3.63) is 39.5 Å². The average Bonchev–Trinajstić information content (AvgIpc) is 3.04. The van der Waals surface area contributed by atoms with Crippen LogP contribution in [0.3, 0.4) is 0 Å². The van der Waals surface area contributed by atoms with E-state index in [-0.39, 0.29) is 5.91 Å². The highest BCUT2D eigenvalue weighted by molar-refractivity contribution is 7.20. The minimum Gasteiger partial charge on any atom is -0.495 e. The molecule has 0 spiro atoms. The molecule has 4 rings (SSSR count). The summed E-state index contributed by atoms with van der Waals surface area (Å²) < 4.78 is 5.35. The van der Waals surface area contributed by atoms with Gasteiger partial charge < -0.3 is 15.0 Å². The number of aryl methyl sites for hydroxylation is 2.